The van der Waals surface area contributed by atoms with Gasteiger partial charge in [0.05, 0.1) is 11.6 Å². The van der Waals surface area contributed by atoms with E-state index in [2.05, 4.69) is 34.2 Å². The molecule has 2 aliphatic rings. The molecule has 7 nitrogen and oxygen atoms in total. The molecule has 0 spiro atoms. The Bertz CT molecular complexity index is 976. The predicted octanol–water partition coefficient (Wildman–Crippen LogP) is 4.35. The second-order valence-corrected chi connectivity index (χ2v) is 8.85. The van der Waals surface area contributed by atoms with E-state index in [4.69, 9.17) is 15.5 Å². The van der Waals surface area contributed by atoms with Crippen molar-refractivity contribution in [2.24, 2.45) is 16.8 Å². The van der Waals surface area contributed by atoms with E-state index < -0.39 is 11.6 Å². The lowest BCUT2D eigenvalue weighted by atomic mass is 9.74. The van der Waals surface area contributed by atoms with Gasteiger partial charge in [-0.05, 0) is 56.9 Å². The van der Waals surface area contributed by atoms with Crippen molar-refractivity contribution >= 4 is 23.2 Å². The Morgan fingerprint density at radius 1 is 1.17 bits per heavy atom. The predicted molar refractivity (Wildman–Crippen MR) is 115 cm³/mol. The van der Waals surface area contributed by atoms with Crippen LogP contribution in [0.5, 0.6) is 5.88 Å². The van der Waals surface area contributed by atoms with Gasteiger partial charge in [0.25, 0.3) is 0 Å². The molecule has 2 aromatic rings. The second kappa shape index (κ2) is 7.70. The van der Waals surface area contributed by atoms with E-state index in [0.29, 0.717) is 23.3 Å². The third kappa shape index (κ3) is 3.76. The molecule has 1 aliphatic heterocycles. The number of nitrogen functional groups attached to an aromatic ring is 1. The number of hydrogen-bond donors (Lipinski definition) is 2. The monoisotopic (exact) mass is 408 g/mol. The first-order valence-corrected chi connectivity index (χ1v) is 10.5. The van der Waals surface area contributed by atoms with E-state index in [1.165, 1.54) is 11.9 Å². The molecule has 7 heteroatoms. The van der Waals surface area contributed by atoms with Crippen molar-refractivity contribution < 1.29 is 14.6 Å². The molecule has 4 rings (SSSR count). The number of aromatic nitrogens is 2. The van der Waals surface area contributed by atoms with Gasteiger partial charge in [0.2, 0.25) is 5.88 Å². The highest BCUT2D eigenvalue weighted by atomic mass is 16.5. The van der Waals surface area contributed by atoms with Crippen molar-refractivity contribution in [3.05, 3.63) is 41.7 Å². The van der Waals surface area contributed by atoms with Gasteiger partial charge in [0, 0.05) is 5.56 Å². The SMILES string of the molecule is CC(C(=O)O)[C@H]1CC[C@H](c2ccc(C3=Nc4c(N)ncnc4OC3(C)C)cc2)CC1. The number of nitrogens with zero attached hydrogens (tertiary/aromatic N) is 3. The average molecular weight is 409 g/mol. The first-order valence-electron chi connectivity index (χ1n) is 10.5. The summed E-state index contributed by atoms with van der Waals surface area (Å²) < 4.78 is 6.06. The van der Waals surface area contributed by atoms with Gasteiger partial charge in [-0.3, -0.25) is 4.79 Å². The Labute approximate surface area is 176 Å². The number of nitrogens with two attached hydrogens (primary N) is 1. The zero-order valence-electron chi connectivity index (χ0n) is 17.6. The molecule has 30 heavy (non-hydrogen) atoms. The van der Waals surface area contributed by atoms with Crippen LogP contribution in [0.2, 0.25) is 0 Å². The van der Waals surface area contributed by atoms with Gasteiger partial charge in [-0.15, -0.1) is 0 Å². The van der Waals surface area contributed by atoms with Crippen molar-refractivity contribution in [1.29, 1.82) is 0 Å². The zero-order valence-corrected chi connectivity index (χ0v) is 17.6. The van der Waals surface area contributed by atoms with Crippen LogP contribution in [0.15, 0.2) is 35.6 Å². The Morgan fingerprint density at radius 2 is 1.83 bits per heavy atom. The number of hydrogen-bond acceptors (Lipinski definition) is 6. The molecule has 1 aromatic carbocycles. The lowest BCUT2D eigenvalue weighted by molar-refractivity contribution is -0.143. The van der Waals surface area contributed by atoms with Crippen LogP contribution in [-0.2, 0) is 4.79 Å². The van der Waals surface area contributed by atoms with Gasteiger partial charge in [0.15, 0.2) is 11.5 Å². The topological polar surface area (TPSA) is 111 Å². The summed E-state index contributed by atoms with van der Waals surface area (Å²) in [4.78, 5) is 24.2. The van der Waals surface area contributed by atoms with Crippen LogP contribution in [0.25, 0.3) is 0 Å². The molecule has 2 heterocycles. The lowest BCUT2D eigenvalue weighted by Crippen LogP contribution is -2.41. The van der Waals surface area contributed by atoms with E-state index in [0.717, 1.165) is 37.0 Å². The van der Waals surface area contributed by atoms with Gasteiger partial charge in [-0.25, -0.2) is 9.98 Å². The zero-order chi connectivity index (χ0) is 21.5. The molecular weight excluding hydrogens is 380 g/mol. The maximum atomic E-state index is 11.3. The standard InChI is InChI=1S/C23H28N4O3/c1-13(22(28)29)14-4-6-15(7-5-14)16-8-10-17(11-9-16)19-23(2,3)30-21-18(27-19)20(24)25-12-26-21/h8-15H,4-7H2,1-3H3,(H,28,29)(H2,24,25,26)/t13?,14-,15-. The summed E-state index contributed by atoms with van der Waals surface area (Å²) in [6.45, 7) is 5.75. The number of carboxylic acid groups (broad SMARTS) is 1. The number of rotatable bonds is 4. The number of carboxylic acids is 1. The number of ether oxygens (including phenoxy) is 1. The Morgan fingerprint density at radius 3 is 2.47 bits per heavy atom. The quantitative estimate of drug-likeness (QED) is 0.778. The largest absolute Gasteiger partial charge is 0.481 e. The fraction of sp³-hybridized carbons (Fsp3) is 0.478. The molecule has 0 bridgehead atoms. The molecule has 1 saturated carbocycles. The summed E-state index contributed by atoms with van der Waals surface area (Å²) in [5, 5.41) is 9.26. The van der Waals surface area contributed by atoms with Crippen LogP contribution < -0.4 is 10.5 Å². The minimum atomic E-state index is -0.687. The number of benzene rings is 1. The number of anilines is 1. The van der Waals surface area contributed by atoms with Crippen LogP contribution in [-0.4, -0.2) is 32.4 Å². The van der Waals surface area contributed by atoms with Crippen molar-refractivity contribution in [1.82, 2.24) is 9.97 Å². The van der Waals surface area contributed by atoms with E-state index in [-0.39, 0.29) is 11.8 Å². The van der Waals surface area contributed by atoms with Crippen LogP contribution in [0, 0.1) is 11.8 Å². The normalized spacial score (nSPS) is 23.6. The van der Waals surface area contributed by atoms with Crippen molar-refractivity contribution in [3.8, 4) is 5.88 Å². The molecule has 1 atom stereocenters. The molecule has 0 saturated heterocycles. The maximum Gasteiger partial charge on any atom is 0.306 e. The van der Waals surface area contributed by atoms with Crippen molar-refractivity contribution in [3.63, 3.8) is 0 Å². The molecule has 1 aliphatic carbocycles. The number of carbonyl (C=O) groups is 1. The number of fused-ring (bicyclic) bond motifs is 1. The van der Waals surface area contributed by atoms with Gasteiger partial charge >= 0.3 is 5.97 Å². The highest BCUT2D eigenvalue weighted by Crippen LogP contribution is 2.41. The summed E-state index contributed by atoms with van der Waals surface area (Å²) >= 11 is 0. The van der Waals surface area contributed by atoms with Gasteiger partial charge in [0.1, 0.15) is 11.9 Å². The fourth-order valence-electron chi connectivity index (χ4n) is 4.57. The smallest absolute Gasteiger partial charge is 0.306 e. The summed E-state index contributed by atoms with van der Waals surface area (Å²) in [5.74, 6) is 0.504. The van der Waals surface area contributed by atoms with Crippen molar-refractivity contribution in [2.45, 2.75) is 58.0 Å². The third-order valence-corrected chi connectivity index (χ3v) is 6.49. The molecule has 158 valence electrons. The molecule has 0 radical (unpaired) electrons. The molecule has 3 N–H and O–H groups in total. The van der Waals surface area contributed by atoms with Crippen molar-refractivity contribution in [2.75, 3.05) is 5.73 Å². The Balaban J connectivity index is 1.53. The van der Waals surface area contributed by atoms with E-state index in [1.807, 2.05) is 20.8 Å². The first-order chi connectivity index (χ1) is 14.3. The van der Waals surface area contributed by atoms with Gasteiger partial charge < -0.3 is 15.6 Å². The molecule has 1 unspecified atom stereocenters. The molecule has 1 aromatic heterocycles. The minimum Gasteiger partial charge on any atom is -0.481 e. The Hall–Kier alpha value is -2.96. The highest BCUT2D eigenvalue weighted by molar-refractivity contribution is 6.09. The third-order valence-electron chi connectivity index (χ3n) is 6.49. The second-order valence-electron chi connectivity index (χ2n) is 8.85. The van der Waals surface area contributed by atoms with Crippen LogP contribution in [0.1, 0.15) is 63.5 Å². The highest BCUT2D eigenvalue weighted by Gasteiger charge is 2.35. The summed E-state index contributed by atoms with van der Waals surface area (Å²) in [6.07, 6.45) is 5.36. The summed E-state index contributed by atoms with van der Waals surface area (Å²) in [7, 11) is 0. The lowest BCUT2D eigenvalue weighted by Gasteiger charge is -2.32. The Kier molecular flexibility index (Phi) is 5.22. The minimum absolute atomic E-state index is 0.265. The van der Waals surface area contributed by atoms with E-state index >= 15 is 0 Å². The molecule has 0 amide bonds. The average Bonchev–Trinajstić information content (AvgIpc) is 2.72. The fourth-order valence-corrected chi connectivity index (χ4v) is 4.57. The molecular formula is C23H28N4O3. The van der Waals surface area contributed by atoms with Gasteiger partial charge in [-0.2, -0.15) is 4.98 Å². The summed E-state index contributed by atoms with van der Waals surface area (Å²) in [6, 6.07) is 8.46. The number of aliphatic carboxylic acids is 1. The number of aliphatic imine (C=N–C) groups is 1. The van der Waals surface area contributed by atoms with E-state index in [9.17, 15) is 9.90 Å². The molecule has 1 fully saturated rings. The van der Waals surface area contributed by atoms with Crippen LogP contribution in [0.3, 0.4) is 0 Å². The van der Waals surface area contributed by atoms with Gasteiger partial charge in [-0.1, -0.05) is 31.2 Å². The summed E-state index contributed by atoms with van der Waals surface area (Å²) in [5.41, 5.74) is 8.86. The van der Waals surface area contributed by atoms with Crippen LogP contribution >= 0.6 is 0 Å². The van der Waals surface area contributed by atoms with E-state index in [1.54, 1.807) is 0 Å². The maximum absolute atomic E-state index is 11.3. The first kappa shape index (κ1) is 20.3. The van der Waals surface area contributed by atoms with Crippen LogP contribution in [0.4, 0.5) is 11.5 Å².